The summed E-state index contributed by atoms with van der Waals surface area (Å²) in [5, 5.41) is 0. The Balaban J connectivity index is -0.000000000833. The van der Waals surface area contributed by atoms with Gasteiger partial charge in [0.1, 0.15) is 0 Å². The molecule has 0 saturated carbocycles. The molecule has 0 saturated heterocycles. The van der Waals surface area contributed by atoms with Crippen molar-refractivity contribution < 1.29 is 86.3 Å². The van der Waals surface area contributed by atoms with Crippen LogP contribution in [0.3, 0.4) is 0 Å². The Morgan fingerprint density at radius 3 is 1.17 bits per heavy atom. The second-order valence-corrected chi connectivity index (χ2v) is 0. The summed E-state index contributed by atoms with van der Waals surface area (Å²) in [5.74, 6) is 0. The van der Waals surface area contributed by atoms with E-state index in [9.17, 15) is 0 Å². The summed E-state index contributed by atoms with van der Waals surface area (Å²) in [7, 11) is 0. The first-order valence-corrected chi connectivity index (χ1v) is 0.866. The van der Waals surface area contributed by atoms with Gasteiger partial charge in [0.25, 0.3) is 0 Å². The number of rotatable bonds is 0. The molecule has 0 aliphatic carbocycles. The van der Waals surface area contributed by atoms with Crippen LogP contribution in [0.2, 0.25) is 0 Å². The quantitative estimate of drug-likeness (QED) is 0.372. The monoisotopic (exact) mass is 536 g/mol. The molecule has 0 aromatic carbocycles. The van der Waals surface area contributed by atoms with Crippen LogP contribution < -0.4 is 0 Å². The maximum Gasteiger partial charge on any atom is 0 e. The Kier molecular flexibility index (Phi) is 261. The molecule has 0 aromatic heterocycles. The van der Waals surface area contributed by atoms with Gasteiger partial charge in [-0.3, -0.25) is 0 Å². The second-order valence-electron chi connectivity index (χ2n) is 0. The van der Waals surface area contributed by atoms with Crippen LogP contribution in [0.1, 0.15) is 0 Å². The molecule has 1 nitrogen and oxygen atoms in total. The summed E-state index contributed by atoms with van der Waals surface area (Å²) in [6.45, 7) is 0. The van der Waals surface area contributed by atoms with Gasteiger partial charge in [-0.2, -0.15) is 0 Å². The van der Waals surface area contributed by atoms with Crippen LogP contribution >= 0.6 is 0 Å². The SMILES string of the molecule is [Au].[Cr].[O]=[AlH].[Pt].[Ti]. The van der Waals surface area contributed by atoms with E-state index in [1.54, 1.807) is 0 Å². The van der Waals surface area contributed by atoms with Crippen molar-refractivity contribution in [3.63, 3.8) is 0 Å². The minimum Gasteiger partial charge on any atom is 0 e. The Bertz CT molecular complexity index is 15.5. The molecule has 0 fully saturated rings. The standard InChI is InChI=1S/Al.Au.Cr.O.Pt.Ti.H. The van der Waals surface area contributed by atoms with Crippen LogP contribution in [0.15, 0.2) is 0 Å². The van der Waals surface area contributed by atoms with Crippen molar-refractivity contribution in [3.8, 4) is 0 Å². The molecule has 41 valence electrons. The molecule has 0 N–H and O–H groups in total. The van der Waals surface area contributed by atoms with Crippen molar-refractivity contribution in [2.45, 2.75) is 0 Å². The van der Waals surface area contributed by atoms with E-state index >= 15 is 0 Å². The van der Waals surface area contributed by atoms with Crippen LogP contribution in [-0.2, 0) is 86.3 Å². The predicted octanol–water partition coefficient (Wildman–Crippen LogP) is -0.777. The molecule has 0 amide bonds. The zero-order chi connectivity index (χ0) is 2.00. The summed E-state index contributed by atoms with van der Waals surface area (Å²) in [5.41, 5.74) is 0. The van der Waals surface area contributed by atoms with E-state index in [0.29, 0.717) is 16.2 Å². The largest absolute Gasteiger partial charge is 0 e. The van der Waals surface area contributed by atoms with Crippen LogP contribution in [0.4, 0.5) is 0 Å². The van der Waals surface area contributed by atoms with Crippen molar-refractivity contribution in [2.24, 2.45) is 0 Å². The average molecular weight is 536 g/mol. The molecule has 1 radical (unpaired) electrons. The van der Waals surface area contributed by atoms with Gasteiger partial charge in [-0.05, 0) is 0 Å². The summed E-state index contributed by atoms with van der Waals surface area (Å²) in [6, 6.07) is 0. The van der Waals surface area contributed by atoms with Gasteiger partial charge in [-0.25, -0.2) is 0 Å². The maximum atomic E-state index is 8.28. The molecule has 0 heterocycles. The zero-order valence-corrected chi connectivity index (χ0v) is 11.3. The zero-order valence-electron chi connectivity index (χ0n) is 2.64. The van der Waals surface area contributed by atoms with Crippen molar-refractivity contribution in [3.05, 3.63) is 0 Å². The normalized spacial score (nSPS) is 0.500. The molecule has 6 heavy (non-hydrogen) atoms. The van der Waals surface area contributed by atoms with Gasteiger partial charge in [0.15, 0.2) is 0 Å². The molecule has 0 rings (SSSR count). The Labute approximate surface area is 101 Å². The van der Waals surface area contributed by atoms with E-state index in [4.69, 9.17) is 3.80 Å². The smallest absolute Gasteiger partial charge is 0 e. The molecular weight excluding hydrogens is 535 g/mol. The van der Waals surface area contributed by atoms with Crippen molar-refractivity contribution >= 4 is 16.2 Å². The molecule has 6 heteroatoms. The molecule has 0 aliphatic rings. The minimum atomic E-state index is 0. The van der Waals surface area contributed by atoms with Crippen LogP contribution in [0, 0.1) is 0 Å². The van der Waals surface area contributed by atoms with Crippen molar-refractivity contribution in [1.82, 2.24) is 0 Å². The topological polar surface area (TPSA) is 17.1 Å². The third-order valence-electron chi connectivity index (χ3n) is 0. The van der Waals surface area contributed by atoms with Gasteiger partial charge in [-0.1, -0.05) is 0 Å². The first-order valence-electron chi connectivity index (χ1n) is 0.289. The number of hydrogen-bond acceptors (Lipinski definition) is 1. The van der Waals surface area contributed by atoms with Gasteiger partial charge >= 0.3 is 20.0 Å². The second kappa shape index (κ2) is 43.5. The molecule has 0 aliphatic heterocycles. The molecule has 0 aromatic rings. The fraction of sp³-hybridized carbons (Fsp3) is 0. The van der Waals surface area contributed by atoms with E-state index in [1.807, 2.05) is 0 Å². The van der Waals surface area contributed by atoms with E-state index in [0.717, 1.165) is 0 Å². The fourth-order valence-electron chi connectivity index (χ4n) is 0. The van der Waals surface area contributed by atoms with Crippen LogP contribution in [0.5, 0.6) is 0 Å². The molecule has 0 atom stereocenters. The summed E-state index contributed by atoms with van der Waals surface area (Å²) >= 11 is 0.611. The van der Waals surface area contributed by atoms with Crippen molar-refractivity contribution in [1.29, 1.82) is 0 Å². The number of hydrogen-bond donors (Lipinski definition) is 0. The van der Waals surface area contributed by atoms with E-state index < -0.39 is 0 Å². The van der Waals surface area contributed by atoms with Crippen molar-refractivity contribution in [2.75, 3.05) is 0 Å². The molecule has 0 unspecified atom stereocenters. The summed E-state index contributed by atoms with van der Waals surface area (Å²) in [6.07, 6.45) is 0. The predicted molar refractivity (Wildman–Crippen MR) is 7.84 cm³/mol. The fourth-order valence-corrected chi connectivity index (χ4v) is 0. The van der Waals surface area contributed by atoms with E-state index in [2.05, 4.69) is 0 Å². The Hall–Kier alpha value is 3.01. The molecule has 0 bridgehead atoms. The van der Waals surface area contributed by atoms with E-state index in [-0.39, 0.29) is 82.5 Å². The average Bonchev–Trinajstić information content (AvgIpc) is 1.00. The van der Waals surface area contributed by atoms with Gasteiger partial charge in [-0.15, -0.1) is 0 Å². The molecule has 0 spiro atoms. The third kappa shape index (κ3) is 28.0. The van der Waals surface area contributed by atoms with Crippen LogP contribution in [-0.4, -0.2) is 16.2 Å². The van der Waals surface area contributed by atoms with Crippen LogP contribution in [0.25, 0.3) is 0 Å². The van der Waals surface area contributed by atoms with Gasteiger partial charge in [0.2, 0.25) is 0 Å². The Morgan fingerprint density at radius 2 is 1.17 bits per heavy atom. The van der Waals surface area contributed by atoms with Gasteiger partial charge in [0.05, 0.1) is 0 Å². The van der Waals surface area contributed by atoms with Gasteiger partial charge in [0, 0.05) is 82.5 Å². The first-order chi connectivity index (χ1) is 1.00. The summed E-state index contributed by atoms with van der Waals surface area (Å²) in [4.78, 5) is 0. The third-order valence-corrected chi connectivity index (χ3v) is 0. The first kappa shape index (κ1) is 36.0. The minimum absolute atomic E-state index is 0. The van der Waals surface area contributed by atoms with E-state index in [1.165, 1.54) is 0 Å². The molecular formula is HAlAuCrOPtTi. The summed E-state index contributed by atoms with van der Waals surface area (Å²) < 4.78 is 8.28. The Morgan fingerprint density at radius 1 is 1.17 bits per heavy atom. The maximum absolute atomic E-state index is 8.28. The van der Waals surface area contributed by atoms with Gasteiger partial charge < -0.3 is 0 Å².